The Bertz CT molecular complexity index is 582. The van der Waals surface area contributed by atoms with Crippen LogP contribution in [0.25, 0.3) is 0 Å². The van der Waals surface area contributed by atoms with E-state index < -0.39 is 0 Å². The summed E-state index contributed by atoms with van der Waals surface area (Å²) in [7, 11) is 1.92. The molecule has 0 spiro atoms. The maximum Gasteiger partial charge on any atom is 0.173 e. The molecule has 4 nitrogen and oxygen atoms in total. The molecule has 0 radical (unpaired) electrons. The molecule has 6 heteroatoms. The highest BCUT2D eigenvalue weighted by Gasteiger charge is 2.11. The Morgan fingerprint density at radius 2 is 2.10 bits per heavy atom. The molecular weight excluding hydrogens is 292 g/mol. The third-order valence-corrected chi connectivity index (χ3v) is 3.60. The number of para-hydroxylation sites is 1. The average Bonchev–Trinajstić information content (AvgIpc) is 2.80. The molecule has 0 unspecified atom stereocenters. The van der Waals surface area contributed by atoms with Crippen LogP contribution in [0.2, 0.25) is 5.02 Å². The summed E-state index contributed by atoms with van der Waals surface area (Å²) < 4.78 is 1.82. The zero-order valence-corrected chi connectivity index (χ0v) is 13.1. The van der Waals surface area contributed by atoms with Gasteiger partial charge in [0.1, 0.15) is 5.69 Å². The smallest absolute Gasteiger partial charge is 0.173 e. The van der Waals surface area contributed by atoms with E-state index in [1.54, 1.807) is 0 Å². The summed E-state index contributed by atoms with van der Waals surface area (Å²) in [5, 5.41) is 8.90. The van der Waals surface area contributed by atoms with Gasteiger partial charge in [-0.1, -0.05) is 29.8 Å². The molecule has 0 saturated carbocycles. The minimum atomic E-state index is 0.574. The van der Waals surface area contributed by atoms with E-state index in [0.29, 0.717) is 16.7 Å². The molecule has 2 aromatic rings. The number of aryl methyl sites for hydroxylation is 1. The van der Waals surface area contributed by atoms with Crippen molar-refractivity contribution in [2.45, 2.75) is 20.0 Å². The molecule has 0 bridgehead atoms. The van der Waals surface area contributed by atoms with E-state index in [1.165, 1.54) is 0 Å². The molecule has 106 valence electrons. The lowest BCUT2D eigenvalue weighted by atomic mass is 10.3. The lowest BCUT2D eigenvalue weighted by Crippen LogP contribution is -2.30. The molecule has 1 heterocycles. The Kier molecular flexibility index (Phi) is 4.98. The van der Waals surface area contributed by atoms with E-state index >= 15 is 0 Å². The molecule has 0 aliphatic carbocycles. The molecule has 1 aromatic carbocycles. The molecular formula is C14H17ClN4S. The van der Waals surface area contributed by atoms with Crippen molar-refractivity contribution in [1.29, 1.82) is 0 Å². The van der Waals surface area contributed by atoms with Gasteiger partial charge in [-0.15, -0.1) is 0 Å². The Labute approximate surface area is 129 Å². The normalized spacial score (nSPS) is 10.3. The number of rotatable bonds is 4. The first kappa shape index (κ1) is 14.8. The minimum Gasteiger partial charge on any atom is -0.346 e. The molecule has 0 atom stereocenters. The fourth-order valence-corrected chi connectivity index (χ4v) is 2.14. The average molecular weight is 309 g/mol. The third-order valence-electron chi connectivity index (χ3n) is 2.87. The van der Waals surface area contributed by atoms with Crippen LogP contribution in [0.3, 0.4) is 0 Å². The van der Waals surface area contributed by atoms with Crippen molar-refractivity contribution in [3.05, 3.63) is 47.2 Å². The van der Waals surface area contributed by atoms with Crippen LogP contribution in [-0.2, 0) is 13.1 Å². The van der Waals surface area contributed by atoms with Gasteiger partial charge in [0.05, 0.1) is 11.6 Å². The molecule has 0 saturated heterocycles. The predicted octanol–water partition coefficient (Wildman–Crippen LogP) is 3.39. The molecule has 2 rings (SSSR count). The van der Waals surface area contributed by atoms with Crippen molar-refractivity contribution >= 4 is 34.6 Å². The van der Waals surface area contributed by atoms with Gasteiger partial charge in [-0.05, 0) is 31.3 Å². The van der Waals surface area contributed by atoms with Crippen LogP contribution in [-0.4, -0.2) is 26.8 Å². The molecule has 20 heavy (non-hydrogen) atoms. The van der Waals surface area contributed by atoms with Gasteiger partial charge in [-0.2, -0.15) is 5.10 Å². The van der Waals surface area contributed by atoms with Gasteiger partial charge in [0, 0.05) is 25.5 Å². The number of hydrogen-bond donors (Lipinski definition) is 1. The van der Waals surface area contributed by atoms with Gasteiger partial charge in [-0.3, -0.25) is 4.68 Å². The first-order chi connectivity index (χ1) is 9.60. The number of thiocarbonyl (C=S) groups is 1. The standard InChI is InChI=1S/C14H17ClN4S/c1-3-19-9-12(15)13(17-19)10-18(2)14(20)16-11-7-5-4-6-8-11/h4-9H,3,10H2,1-2H3,(H,16,20). The van der Waals surface area contributed by atoms with Crippen LogP contribution in [0.5, 0.6) is 0 Å². The molecule has 1 N–H and O–H groups in total. The summed E-state index contributed by atoms with van der Waals surface area (Å²) >= 11 is 11.5. The predicted molar refractivity (Wildman–Crippen MR) is 87.0 cm³/mol. The number of nitrogens with one attached hydrogen (secondary N) is 1. The second-order valence-corrected chi connectivity index (χ2v) is 5.23. The van der Waals surface area contributed by atoms with Crippen molar-refractivity contribution in [3.63, 3.8) is 0 Å². The van der Waals surface area contributed by atoms with E-state index in [1.807, 2.05) is 60.1 Å². The molecule has 0 amide bonds. The van der Waals surface area contributed by atoms with Gasteiger partial charge < -0.3 is 10.2 Å². The van der Waals surface area contributed by atoms with Crippen LogP contribution in [0.1, 0.15) is 12.6 Å². The van der Waals surface area contributed by atoms with E-state index in [0.717, 1.165) is 17.9 Å². The molecule has 1 aromatic heterocycles. The number of nitrogens with zero attached hydrogens (tertiary/aromatic N) is 3. The first-order valence-electron chi connectivity index (χ1n) is 6.39. The van der Waals surface area contributed by atoms with Crippen molar-refractivity contribution < 1.29 is 0 Å². The zero-order chi connectivity index (χ0) is 14.5. The Morgan fingerprint density at radius 1 is 1.40 bits per heavy atom. The van der Waals surface area contributed by atoms with Crippen LogP contribution >= 0.6 is 23.8 Å². The fraction of sp³-hybridized carbons (Fsp3) is 0.286. The van der Waals surface area contributed by atoms with Gasteiger partial charge in [0.2, 0.25) is 0 Å². The second-order valence-electron chi connectivity index (χ2n) is 4.43. The zero-order valence-electron chi connectivity index (χ0n) is 11.5. The number of halogens is 1. The summed E-state index contributed by atoms with van der Waals surface area (Å²) in [6.45, 7) is 3.40. The monoisotopic (exact) mass is 308 g/mol. The molecule has 0 aliphatic heterocycles. The van der Waals surface area contributed by atoms with E-state index in [2.05, 4.69) is 10.4 Å². The van der Waals surface area contributed by atoms with Crippen molar-refractivity contribution in [2.24, 2.45) is 0 Å². The minimum absolute atomic E-state index is 0.574. The maximum atomic E-state index is 6.16. The van der Waals surface area contributed by atoms with Crippen molar-refractivity contribution in [1.82, 2.24) is 14.7 Å². The number of anilines is 1. The lowest BCUT2D eigenvalue weighted by Gasteiger charge is -2.20. The Morgan fingerprint density at radius 3 is 2.70 bits per heavy atom. The number of hydrogen-bond acceptors (Lipinski definition) is 2. The molecule has 0 fully saturated rings. The quantitative estimate of drug-likeness (QED) is 0.878. The summed E-state index contributed by atoms with van der Waals surface area (Å²) in [5.41, 5.74) is 1.79. The van der Waals surface area contributed by atoms with Gasteiger partial charge >= 0.3 is 0 Å². The number of benzene rings is 1. The Hall–Kier alpha value is -1.59. The molecule has 0 aliphatic rings. The summed E-state index contributed by atoms with van der Waals surface area (Å²) in [5.74, 6) is 0. The SMILES string of the molecule is CCn1cc(Cl)c(CN(C)C(=S)Nc2ccccc2)n1. The topological polar surface area (TPSA) is 33.1 Å². The highest BCUT2D eigenvalue weighted by atomic mass is 35.5. The first-order valence-corrected chi connectivity index (χ1v) is 7.17. The van der Waals surface area contributed by atoms with Gasteiger partial charge in [-0.25, -0.2) is 0 Å². The highest BCUT2D eigenvalue weighted by molar-refractivity contribution is 7.80. The van der Waals surface area contributed by atoms with Crippen molar-refractivity contribution in [3.8, 4) is 0 Å². The second kappa shape index (κ2) is 6.72. The van der Waals surface area contributed by atoms with Gasteiger partial charge in [0.15, 0.2) is 5.11 Å². The summed E-state index contributed by atoms with van der Waals surface area (Å²) in [6, 6.07) is 9.84. The van der Waals surface area contributed by atoms with Crippen LogP contribution in [0, 0.1) is 0 Å². The van der Waals surface area contributed by atoms with E-state index in [4.69, 9.17) is 23.8 Å². The number of aromatic nitrogens is 2. The highest BCUT2D eigenvalue weighted by Crippen LogP contribution is 2.16. The lowest BCUT2D eigenvalue weighted by molar-refractivity contribution is 0.492. The fourth-order valence-electron chi connectivity index (χ4n) is 1.74. The maximum absolute atomic E-state index is 6.16. The summed E-state index contributed by atoms with van der Waals surface area (Å²) in [6.07, 6.45) is 1.83. The van der Waals surface area contributed by atoms with E-state index in [9.17, 15) is 0 Å². The van der Waals surface area contributed by atoms with Crippen LogP contribution in [0.4, 0.5) is 5.69 Å². The van der Waals surface area contributed by atoms with Gasteiger partial charge in [0.25, 0.3) is 0 Å². The van der Waals surface area contributed by atoms with Crippen LogP contribution in [0.15, 0.2) is 36.5 Å². The third kappa shape index (κ3) is 3.71. The Balaban J connectivity index is 1.98. The van der Waals surface area contributed by atoms with Crippen LogP contribution < -0.4 is 5.32 Å². The van der Waals surface area contributed by atoms with Crippen molar-refractivity contribution in [2.75, 3.05) is 12.4 Å². The summed E-state index contributed by atoms with van der Waals surface area (Å²) in [4.78, 5) is 1.91. The largest absolute Gasteiger partial charge is 0.346 e. The van der Waals surface area contributed by atoms with E-state index in [-0.39, 0.29) is 0 Å².